The van der Waals surface area contributed by atoms with Crippen LogP contribution in [0.15, 0.2) is 28.7 Å². The number of alkyl halides is 1. The largest absolute Gasteiger partial charge is 0.451 e. The van der Waals surface area contributed by atoms with Crippen molar-refractivity contribution in [1.29, 1.82) is 0 Å². The predicted octanol–water partition coefficient (Wildman–Crippen LogP) is 3.64. The Labute approximate surface area is 115 Å². The number of hydrogen-bond acceptors (Lipinski definition) is 2. The topological polar surface area (TPSA) is 42.2 Å². The normalized spacial score (nSPS) is 12.6. The number of halogens is 1. The molecule has 1 amide bonds. The van der Waals surface area contributed by atoms with Gasteiger partial charge in [-0.05, 0) is 38.5 Å². The van der Waals surface area contributed by atoms with E-state index in [4.69, 9.17) is 4.42 Å². The number of carbonyl (C=O) groups is 1. The Morgan fingerprint density at radius 3 is 2.94 bits per heavy atom. The summed E-state index contributed by atoms with van der Waals surface area (Å²) >= 11 is 3.36. The van der Waals surface area contributed by atoms with Gasteiger partial charge in [-0.3, -0.25) is 4.79 Å². The summed E-state index contributed by atoms with van der Waals surface area (Å²) < 4.78 is 5.54. The molecule has 0 spiro atoms. The van der Waals surface area contributed by atoms with Crippen LogP contribution in [0.3, 0.4) is 0 Å². The SMILES string of the molecule is Cc1ccc2oc(C(=O)NC(C)CCBr)cc2c1. The second-order valence-electron chi connectivity index (χ2n) is 4.50. The second-order valence-corrected chi connectivity index (χ2v) is 5.30. The summed E-state index contributed by atoms with van der Waals surface area (Å²) in [4.78, 5) is 12.0. The van der Waals surface area contributed by atoms with Crippen LogP contribution in [0.4, 0.5) is 0 Å². The van der Waals surface area contributed by atoms with Crippen molar-refractivity contribution in [2.75, 3.05) is 5.33 Å². The Kier molecular flexibility index (Phi) is 4.07. The fourth-order valence-electron chi connectivity index (χ4n) is 1.81. The Bertz CT molecular complexity index is 562. The lowest BCUT2D eigenvalue weighted by atomic mass is 10.2. The lowest BCUT2D eigenvalue weighted by Gasteiger charge is -2.10. The van der Waals surface area contributed by atoms with E-state index in [1.165, 1.54) is 0 Å². The Hall–Kier alpha value is -1.29. The quantitative estimate of drug-likeness (QED) is 0.876. The van der Waals surface area contributed by atoms with Gasteiger partial charge in [-0.1, -0.05) is 27.6 Å². The minimum Gasteiger partial charge on any atom is -0.451 e. The van der Waals surface area contributed by atoms with Crippen LogP contribution in [0.5, 0.6) is 0 Å². The number of amides is 1. The molecule has 1 unspecified atom stereocenters. The molecule has 0 fully saturated rings. The fraction of sp³-hybridized carbons (Fsp3) is 0.357. The van der Waals surface area contributed by atoms with Gasteiger partial charge in [0.1, 0.15) is 5.58 Å². The highest BCUT2D eigenvalue weighted by Crippen LogP contribution is 2.20. The van der Waals surface area contributed by atoms with Gasteiger partial charge in [0.2, 0.25) is 0 Å². The molecule has 96 valence electrons. The first-order valence-corrected chi connectivity index (χ1v) is 7.09. The highest BCUT2D eigenvalue weighted by molar-refractivity contribution is 9.09. The van der Waals surface area contributed by atoms with E-state index in [1.54, 1.807) is 6.07 Å². The summed E-state index contributed by atoms with van der Waals surface area (Å²) in [6, 6.07) is 7.80. The van der Waals surface area contributed by atoms with Gasteiger partial charge in [0.15, 0.2) is 5.76 Å². The van der Waals surface area contributed by atoms with E-state index in [9.17, 15) is 4.79 Å². The lowest BCUT2D eigenvalue weighted by Crippen LogP contribution is -2.32. The van der Waals surface area contributed by atoms with Crippen molar-refractivity contribution in [3.8, 4) is 0 Å². The molecule has 1 aromatic heterocycles. The third kappa shape index (κ3) is 2.93. The molecule has 18 heavy (non-hydrogen) atoms. The number of aryl methyl sites for hydroxylation is 1. The van der Waals surface area contributed by atoms with E-state index in [1.807, 2.05) is 32.0 Å². The summed E-state index contributed by atoms with van der Waals surface area (Å²) in [7, 11) is 0. The number of rotatable bonds is 4. The lowest BCUT2D eigenvalue weighted by molar-refractivity contribution is 0.0914. The molecule has 0 saturated heterocycles. The molecule has 2 rings (SSSR count). The molecule has 0 bridgehead atoms. The number of hydrogen-bond donors (Lipinski definition) is 1. The zero-order chi connectivity index (χ0) is 13.1. The molecule has 0 saturated carbocycles. The monoisotopic (exact) mass is 309 g/mol. The fourth-order valence-corrected chi connectivity index (χ4v) is 2.49. The molecular weight excluding hydrogens is 294 g/mol. The van der Waals surface area contributed by atoms with Crippen molar-refractivity contribution in [2.24, 2.45) is 0 Å². The van der Waals surface area contributed by atoms with Gasteiger partial charge >= 0.3 is 0 Å². The summed E-state index contributed by atoms with van der Waals surface area (Å²) in [6.45, 7) is 4.00. The summed E-state index contributed by atoms with van der Waals surface area (Å²) in [5.41, 5.74) is 1.90. The van der Waals surface area contributed by atoms with E-state index in [0.717, 1.165) is 28.3 Å². The summed E-state index contributed by atoms with van der Waals surface area (Å²) in [5, 5.41) is 4.74. The maximum Gasteiger partial charge on any atom is 0.287 e. The van der Waals surface area contributed by atoms with Crippen LogP contribution in [0.25, 0.3) is 11.0 Å². The molecule has 4 heteroatoms. The van der Waals surface area contributed by atoms with Crippen molar-refractivity contribution >= 4 is 32.8 Å². The first kappa shape index (κ1) is 13.1. The smallest absolute Gasteiger partial charge is 0.287 e. The maximum atomic E-state index is 12.0. The minimum atomic E-state index is -0.155. The van der Waals surface area contributed by atoms with Gasteiger partial charge < -0.3 is 9.73 Å². The van der Waals surface area contributed by atoms with Crippen LogP contribution in [-0.2, 0) is 0 Å². The molecule has 0 radical (unpaired) electrons. The van der Waals surface area contributed by atoms with E-state index >= 15 is 0 Å². The number of benzene rings is 1. The van der Waals surface area contributed by atoms with Crippen molar-refractivity contribution < 1.29 is 9.21 Å². The molecular formula is C14H16BrNO2. The summed E-state index contributed by atoms with van der Waals surface area (Å²) in [5.74, 6) is 0.217. The van der Waals surface area contributed by atoms with Gasteiger partial charge in [-0.15, -0.1) is 0 Å². The first-order valence-electron chi connectivity index (χ1n) is 5.97. The first-order chi connectivity index (χ1) is 8.60. The zero-order valence-corrected chi connectivity index (χ0v) is 12.1. The zero-order valence-electron chi connectivity index (χ0n) is 10.5. The Morgan fingerprint density at radius 2 is 2.22 bits per heavy atom. The van der Waals surface area contributed by atoms with E-state index < -0.39 is 0 Å². The third-order valence-corrected chi connectivity index (χ3v) is 3.27. The van der Waals surface area contributed by atoms with Crippen LogP contribution < -0.4 is 5.32 Å². The molecule has 1 N–H and O–H groups in total. The maximum absolute atomic E-state index is 12.0. The van der Waals surface area contributed by atoms with Crippen LogP contribution in [0.2, 0.25) is 0 Å². The average molecular weight is 310 g/mol. The Morgan fingerprint density at radius 1 is 1.44 bits per heavy atom. The number of nitrogens with one attached hydrogen (secondary N) is 1. The predicted molar refractivity (Wildman–Crippen MR) is 76.3 cm³/mol. The second kappa shape index (κ2) is 5.57. The van der Waals surface area contributed by atoms with Gasteiger partial charge in [-0.25, -0.2) is 0 Å². The van der Waals surface area contributed by atoms with Crippen molar-refractivity contribution in [3.05, 3.63) is 35.6 Å². The number of furan rings is 1. The van der Waals surface area contributed by atoms with Gasteiger partial charge in [0.25, 0.3) is 5.91 Å². The molecule has 2 aromatic rings. The molecule has 0 aliphatic heterocycles. The van der Waals surface area contributed by atoms with Crippen molar-refractivity contribution in [1.82, 2.24) is 5.32 Å². The van der Waals surface area contributed by atoms with Gasteiger partial charge in [0, 0.05) is 16.8 Å². The highest BCUT2D eigenvalue weighted by atomic mass is 79.9. The molecule has 1 aromatic carbocycles. The number of fused-ring (bicyclic) bond motifs is 1. The molecule has 1 atom stereocenters. The summed E-state index contributed by atoms with van der Waals surface area (Å²) in [6.07, 6.45) is 0.894. The Balaban J connectivity index is 2.18. The molecule has 0 aliphatic carbocycles. The van der Waals surface area contributed by atoms with Crippen molar-refractivity contribution in [2.45, 2.75) is 26.3 Å². The van der Waals surface area contributed by atoms with Crippen molar-refractivity contribution in [3.63, 3.8) is 0 Å². The standard InChI is InChI=1S/C14H16BrNO2/c1-9-3-4-12-11(7-9)8-13(18-12)14(17)16-10(2)5-6-15/h3-4,7-8,10H,5-6H2,1-2H3,(H,16,17). The van der Waals surface area contributed by atoms with Gasteiger partial charge in [-0.2, -0.15) is 0 Å². The van der Waals surface area contributed by atoms with Crippen LogP contribution in [0.1, 0.15) is 29.5 Å². The van der Waals surface area contributed by atoms with E-state index in [-0.39, 0.29) is 11.9 Å². The van der Waals surface area contributed by atoms with Crippen LogP contribution >= 0.6 is 15.9 Å². The minimum absolute atomic E-state index is 0.131. The van der Waals surface area contributed by atoms with E-state index in [0.29, 0.717) is 5.76 Å². The molecule has 3 nitrogen and oxygen atoms in total. The number of carbonyl (C=O) groups excluding carboxylic acids is 1. The third-order valence-electron chi connectivity index (χ3n) is 2.82. The highest BCUT2D eigenvalue weighted by Gasteiger charge is 2.14. The van der Waals surface area contributed by atoms with Crippen LogP contribution in [0, 0.1) is 6.92 Å². The van der Waals surface area contributed by atoms with E-state index in [2.05, 4.69) is 21.2 Å². The molecule has 1 heterocycles. The van der Waals surface area contributed by atoms with Gasteiger partial charge in [0.05, 0.1) is 0 Å². The average Bonchev–Trinajstić information content (AvgIpc) is 2.72. The van der Waals surface area contributed by atoms with Crippen LogP contribution in [-0.4, -0.2) is 17.3 Å². The molecule has 0 aliphatic rings.